The van der Waals surface area contributed by atoms with E-state index in [0.29, 0.717) is 6.04 Å². The van der Waals surface area contributed by atoms with E-state index in [1.54, 1.807) is 0 Å². The Morgan fingerprint density at radius 2 is 2.06 bits per heavy atom. The lowest BCUT2D eigenvalue weighted by atomic mass is 10.0. The summed E-state index contributed by atoms with van der Waals surface area (Å²) in [5, 5.41) is 0. The second-order valence-electron chi connectivity index (χ2n) is 4.81. The van der Waals surface area contributed by atoms with Gasteiger partial charge in [0.2, 0.25) is 0 Å². The number of nitrogens with zero attached hydrogens (tertiary/aromatic N) is 2. The van der Waals surface area contributed by atoms with E-state index in [0.717, 1.165) is 57.7 Å². The highest BCUT2D eigenvalue weighted by atomic mass is 16.5. The summed E-state index contributed by atoms with van der Waals surface area (Å²) in [4.78, 5) is 13.4. The van der Waals surface area contributed by atoms with Crippen LogP contribution >= 0.6 is 0 Å². The third kappa shape index (κ3) is 2.03. The van der Waals surface area contributed by atoms with E-state index in [1.165, 1.54) is 5.69 Å². The zero-order valence-electron chi connectivity index (χ0n) is 9.97. The minimum absolute atomic E-state index is 0.626. The van der Waals surface area contributed by atoms with Crippen LogP contribution in [0.25, 0.3) is 0 Å². The normalized spacial score (nSPS) is 25.5. The van der Waals surface area contributed by atoms with E-state index in [2.05, 4.69) is 15.5 Å². The van der Waals surface area contributed by atoms with Crippen LogP contribution in [0, 0.1) is 0 Å². The number of morpholine rings is 1. The molecular weight excluding hydrogens is 216 g/mol. The zero-order chi connectivity index (χ0) is 11.7. The van der Waals surface area contributed by atoms with Crippen molar-refractivity contribution in [2.45, 2.75) is 25.4 Å². The molecule has 0 aromatic carbocycles. The van der Waals surface area contributed by atoms with Crippen LogP contribution in [0.1, 0.15) is 22.6 Å². The van der Waals surface area contributed by atoms with Crippen LogP contribution in [0.2, 0.25) is 0 Å². The van der Waals surface area contributed by atoms with Gasteiger partial charge in [0.05, 0.1) is 18.9 Å². The minimum Gasteiger partial charge on any atom is -0.379 e. The van der Waals surface area contributed by atoms with Gasteiger partial charge in [0, 0.05) is 37.8 Å². The van der Waals surface area contributed by atoms with Gasteiger partial charge in [-0.1, -0.05) is 0 Å². The lowest BCUT2D eigenvalue weighted by Crippen LogP contribution is -2.46. The SMILES string of the molecule is O=Cc1ccc2n1CCC(N1CCOCC1)C2. The van der Waals surface area contributed by atoms with Crippen LogP contribution in [0.4, 0.5) is 0 Å². The molecule has 1 aromatic rings. The molecule has 0 radical (unpaired) electrons. The maximum Gasteiger partial charge on any atom is 0.166 e. The molecule has 1 saturated heterocycles. The van der Waals surface area contributed by atoms with E-state index < -0.39 is 0 Å². The molecule has 0 N–H and O–H groups in total. The lowest BCUT2D eigenvalue weighted by Gasteiger charge is -2.37. The quantitative estimate of drug-likeness (QED) is 0.714. The molecule has 0 bridgehead atoms. The summed E-state index contributed by atoms with van der Waals surface area (Å²) in [6, 6.07) is 4.65. The number of carbonyl (C=O) groups is 1. The molecule has 92 valence electrons. The Balaban J connectivity index is 1.73. The van der Waals surface area contributed by atoms with Gasteiger partial charge in [-0.05, 0) is 18.6 Å². The van der Waals surface area contributed by atoms with E-state index in [1.807, 2.05) is 6.07 Å². The summed E-state index contributed by atoms with van der Waals surface area (Å²) in [5.74, 6) is 0. The number of rotatable bonds is 2. The fraction of sp³-hybridized carbons (Fsp3) is 0.615. The summed E-state index contributed by atoms with van der Waals surface area (Å²) in [5.41, 5.74) is 2.12. The van der Waals surface area contributed by atoms with Gasteiger partial charge < -0.3 is 9.30 Å². The first-order valence-corrected chi connectivity index (χ1v) is 6.34. The Bertz CT molecular complexity index is 408. The van der Waals surface area contributed by atoms with E-state index in [-0.39, 0.29) is 0 Å². The van der Waals surface area contributed by atoms with Crippen LogP contribution < -0.4 is 0 Å². The number of hydrogen-bond acceptors (Lipinski definition) is 3. The predicted molar refractivity (Wildman–Crippen MR) is 64.3 cm³/mol. The highest BCUT2D eigenvalue weighted by molar-refractivity contribution is 5.72. The molecule has 3 heterocycles. The Kier molecular flexibility index (Phi) is 2.99. The summed E-state index contributed by atoms with van der Waals surface area (Å²) in [7, 11) is 0. The molecule has 4 nitrogen and oxygen atoms in total. The van der Waals surface area contributed by atoms with Crippen molar-refractivity contribution >= 4 is 6.29 Å². The third-order valence-corrected chi connectivity index (χ3v) is 3.92. The molecule has 1 fully saturated rings. The highest BCUT2D eigenvalue weighted by Crippen LogP contribution is 2.22. The van der Waals surface area contributed by atoms with E-state index >= 15 is 0 Å². The van der Waals surface area contributed by atoms with Crippen molar-refractivity contribution in [3.05, 3.63) is 23.5 Å². The van der Waals surface area contributed by atoms with Crippen LogP contribution in [0.5, 0.6) is 0 Å². The molecule has 4 heteroatoms. The standard InChI is InChI=1S/C13H18N2O2/c16-10-13-2-1-12-9-11(3-4-15(12)13)14-5-7-17-8-6-14/h1-2,10-11H,3-9H2. The van der Waals surface area contributed by atoms with Crippen molar-refractivity contribution in [1.82, 2.24) is 9.47 Å². The molecule has 0 saturated carbocycles. The van der Waals surface area contributed by atoms with Gasteiger partial charge in [-0.3, -0.25) is 9.69 Å². The fourth-order valence-corrected chi connectivity index (χ4v) is 2.96. The number of fused-ring (bicyclic) bond motifs is 1. The molecule has 1 atom stereocenters. The molecule has 1 aromatic heterocycles. The largest absolute Gasteiger partial charge is 0.379 e. The highest BCUT2D eigenvalue weighted by Gasteiger charge is 2.26. The molecule has 0 amide bonds. The van der Waals surface area contributed by atoms with Crippen molar-refractivity contribution in [1.29, 1.82) is 0 Å². The van der Waals surface area contributed by atoms with Crippen LogP contribution in [0.15, 0.2) is 12.1 Å². The van der Waals surface area contributed by atoms with E-state index in [4.69, 9.17) is 4.74 Å². The van der Waals surface area contributed by atoms with Gasteiger partial charge in [0.15, 0.2) is 6.29 Å². The zero-order valence-corrected chi connectivity index (χ0v) is 9.97. The maximum absolute atomic E-state index is 10.9. The summed E-state index contributed by atoms with van der Waals surface area (Å²) < 4.78 is 7.54. The van der Waals surface area contributed by atoms with Crippen molar-refractivity contribution < 1.29 is 9.53 Å². The minimum atomic E-state index is 0.626. The van der Waals surface area contributed by atoms with Crippen molar-refractivity contribution in [3.63, 3.8) is 0 Å². The molecule has 2 aliphatic rings. The molecule has 0 spiro atoms. The number of aldehydes is 1. The predicted octanol–water partition coefficient (Wildman–Crippen LogP) is 0.948. The molecule has 17 heavy (non-hydrogen) atoms. The van der Waals surface area contributed by atoms with Gasteiger partial charge in [0.25, 0.3) is 0 Å². The average Bonchev–Trinajstić information content (AvgIpc) is 2.81. The second-order valence-corrected chi connectivity index (χ2v) is 4.81. The molecule has 3 rings (SSSR count). The topological polar surface area (TPSA) is 34.5 Å². The number of hydrogen-bond donors (Lipinski definition) is 0. The van der Waals surface area contributed by atoms with Gasteiger partial charge in [-0.2, -0.15) is 0 Å². The van der Waals surface area contributed by atoms with Crippen LogP contribution in [-0.4, -0.2) is 48.1 Å². The molecule has 2 aliphatic heterocycles. The first-order chi connectivity index (χ1) is 8.38. The third-order valence-electron chi connectivity index (χ3n) is 3.92. The van der Waals surface area contributed by atoms with Gasteiger partial charge >= 0.3 is 0 Å². The summed E-state index contributed by atoms with van der Waals surface area (Å²) in [6.07, 6.45) is 3.16. The average molecular weight is 234 g/mol. The van der Waals surface area contributed by atoms with E-state index in [9.17, 15) is 4.79 Å². The molecule has 0 aliphatic carbocycles. The number of ether oxygens (including phenoxy) is 1. The smallest absolute Gasteiger partial charge is 0.166 e. The van der Waals surface area contributed by atoms with Crippen molar-refractivity contribution in [2.75, 3.05) is 26.3 Å². The second kappa shape index (κ2) is 4.63. The van der Waals surface area contributed by atoms with Crippen molar-refractivity contribution in [3.8, 4) is 0 Å². The fourth-order valence-electron chi connectivity index (χ4n) is 2.96. The Labute approximate surface area is 101 Å². The van der Waals surface area contributed by atoms with Gasteiger partial charge in [-0.15, -0.1) is 0 Å². The van der Waals surface area contributed by atoms with Gasteiger partial charge in [-0.25, -0.2) is 0 Å². The Morgan fingerprint density at radius 1 is 1.24 bits per heavy atom. The molecular formula is C13H18N2O2. The lowest BCUT2D eigenvalue weighted by molar-refractivity contribution is 0.0113. The first kappa shape index (κ1) is 11.0. The maximum atomic E-state index is 10.9. The monoisotopic (exact) mass is 234 g/mol. The number of carbonyl (C=O) groups excluding carboxylic acids is 1. The van der Waals surface area contributed by atoms with Crippen LogP contribution in [-0.2, 0) is 17.7 Å². The Hall–Kier alpha value is -1.13. The summed E-state index contributed by atoms with van der Waals surface area (Å²) >= 11 is 0. The first-order valence-electron chi connectivity index (χ1n) is 6.34. The van der Waals surface area contributed by atoms with Crippen molar-refractivity contribution in [2.24, 2.45) is 0 Å². The Morgan fingerprint density at radius 3 is 2.82 bits per heavy atom. The summed E-state index contributed by atoms with van der Waals surface area (Å²) in [6.45, 7) is 4.78. The molecule has 1 unspecified atom stereocenters. The number of aromatic nitrogens is 1. The van der Waals surface area contributed by atoms with Gasteiger partial charge in [0.1, 0.15) is 0 Å². The van der Waals surface area contributed by atoms with Crippen LogP contribution in [0.3, 0.4) is 0 Å².